The Balaban J connectivity index is 1.34. The molecule has 2 nitrogen and oxygen atoms in total. The van der Waals surface area contributed by atoms with Gasteiger partial charge in [0.05, 0.1) is 37.1 Å². The molecule has 0 radical (unpaired) electrons. The summed E-state index contributed by atoms with van der Waals surface area (Å²) in [6.45, 7) is 0. The van der Waals surface area contributed by atoms with Crippen molar-refractivity contribution >= 4 is 86.7 Å². The third-order valence-electron chi connectivity index (χ3n) is 9.61. The highest BCUT2D eigenvalue weighted by molar-refractivity contribution is 6.29. The molecule has 2 aromatic heterocycles. The maximum absolute atomic E-state index is 9.98. The van der Waals surface area contributed by atoms with Crippen molar-refractivity contribution in [3.05, 3.63) is 170 Å². The Morgan fingerprint density at radius 1 is 0.354 bits per heavy atom. The molecule has 0 aliphatic carbocycles. The maximum Gasteiger partial charge on any atom is 0.0652 e. The van der Waals surface area contributed by atoms with Crippen LogP contribution in [0.25, 0.3) is 98.1 Å². The SMILES string of the molecule is [2H]c1c([2H])c([2H])c2c(c1[2H])c1c([2H])c([2H])c([2H])c([2H])c1c1c([2H])c(-n3c4ccccc4c4c5c6ccccc6n(-c6ccc7ccccc7c6)c5ccc43)c([2H])c([2H])c21. The van der Waals surface area contributed by atoms with E-state index in [2.05, 4.69) is 47.0 Å². The van der Waals surface area contributed by atoms with E-state index >= 15 is 0 Å². The molecule has 9 aromatic carbocycles. The van der Waals surface area contributed by atoms with Crippen molar-refractivity contribution in [3.63, 3.8) is 0 Å². The van der Waals surface area contributed by atoms with Crippen LogP contribution in [0.15, 0.2) is 170 Å². The maximum atomic E-state index is 9.98. The van der Waals surface area contributed by atoms with E-state index < -0.39 is 54.4 Å². The van der Waals surface area contributed by atoms with E-state index in [4.69, 9.17) is 11.0 Å². The first-order valence-corrected chi connectivity index (χ1v) is 15.7. The number of rotatable bonds is 2. The van der Waals surface area contributed by atoms with Crippen LogP contribution in [0.1, 0.15) is 15.1 Å². The highest BCUT2D eigenvalue weighted by Crippen LogP contribution is 2.43. The monoisotopic (exact) mass is 619 g/mol. The van der Waals surface area contributed by atoms with Crippen LogP contribution in [0.5, 0.6) is 0 Å². The summed E-state index contributed by atoms with van der Waals surface area (Å²) in [5.74, 6) is 0. The molecule has 222 valence electrons. The number of benzene rings is 9. The summed E-state index contributed by atoms with van der Waals surface area (Å²) in [6, 6.07) is 28.8. The molecule has 0 N–H and O–H groups in total. The van der Waals surface area contributed by atoms with Crippen molar-refractivity contribution in [1.82, 2.24) is 9.13 Å². The van der Waals surface area contributed by atoms with Gasteiger partial charge in [-0.25, -0.2) is 0 Å². The molecule has 0 unspecified atom stereocenters. The van der Waals surface area contributed by atoms with Crippen molar-refractivity contribution in [1.29, 1.82) is 0 Å². The molecule has 0 fully saturated rings. The average Bonchev–Trinajstić information content (AvgIpc) is 3.77. The van der Waals surface area contributed by atoms with Crippen molar-refractivity contribution in [2.45, 2.75) is 0 Å². The summed E-state index contributed by atoms with van der Waals surface area (Å²) in [5.41, 5.74) is 4.20. The molecular formula is C46H28N2. The van der Waals surface area contributed by atoms with Crippen molar-refractivity contribution in [3.8, 4) is 11.4 Å². The summed E-state index contributed by atoms with van der Waals surface area (Å²) in [4.78, 5) is 0. The lowest BCUT2D eigenvalue weighted by atomic mass is 9.94. The van der Waals surface area contributed by atoms with E-state index in [0.717, 1.165) is 49.0 Å². The molecule has 0 saturated heterocycles. The second-order valence-corrected chi connectivity index (χ2v) is 12.1. The van der Waals surface area contributed by atoms with Gasteiger partial charge in [-0.05, 0) is 91.6 Å². The predicted octanol–water partition coefficient (Wildman–Crippen LogP) is 12.5. The van der Waals surface area contributed by atoms with Gasteiger partial charge >= 0.3 is 0 Å². The minimum absolute atomic E-state index is 0.000199. The van der Waals surface area contributed by atoms with E-state index in [9.17, 15) is 4.11 Å². The molecular weight excluding hydrogens is 581 g/mol. The number of hydrogen-bond donors (Lipinski definition) is 0. The van der Waals surface area contributed by atoms with Crippen LogP contribution < -0.4 is 0 Å². The standard InChI is InChI=1S/C46H28N2/c1-2-12-30-27-31(22-21-29(30)11-1)47-41-19-9-7-17-38(41)45-43(47)25-26-44-46(45)39-18-8-10-20-42(39)48(44)32-23-24-37-35-15-4-3-13-33(35)34-14-5-6-16-36(34)40(37)28-32/h1-28H/i3D,4D,5D,6D,13D,14D,15D,16D,23D,24D,28D. The van der Waals surface area contributed by atoms with Gasteiger partial charge in [-0.15, -0.1) is 0 Å². The predicted molar refractivity (Wildman–Crippen MR) is 205 cm³/mol. The van der Waals surface area contributed by atoms with Crippen molar-refractivity contribution < 1.29 is 15.1 Å². The second-order valence-electron chi connectivity index (χ2n) is 12.1. The molecule has 0 saturated carbocycles. The highest BCUT2D eigenvalue weighted by atomic mass is 15.0. The molecule has 0 atom stereocenters. The molecule has 0 aliphatic heterocycles. The third-order valence-corrected chi connectivity index (χ3v) is 9.61. The van der Waals surface area contributed by atoms with Gasteiger partial charge in [0, 0.05) is 32.9 Å². The van der Waals surface area contributed by atoms with Gasteiger partial charge in [0.2, 0.25) is 0 Å². The van der Waals surface area contributed by atoms with E-state index in [1.807, 2.05) is 60.7 Å². The van der Waals surface area contributed by atoms with Gasteiger partial charge in [-0.3, -0.25) is 0 Å². The third kappa shape index (κ3) is 3.41. The fraction of sp³-hybridized carbons (Fsp3) is 0. The minimum atomic E-state index is -0.602. The van der Waals surface area contributed by atoms with Crippen LogP contribution in [-0.2, 0) is 0 Å². The lowest BCUT2D eigenvalue weighted by Crippen LogP contribution is -1.95. The average molecular weight is 620 g/mol. The van der Waals surface area contributed by atoms with Crippen LogP contribution in [-0.4, -0.2) is 9.13 Å². The Labute approximate surface area is 291 Å². The van der Waals surface area contributed by atoms with Crippen molar-refractivity contribution in [2.24, 2.45) is 0 Å². The van der Waals surface area contributed by atoms with Crippen LogP contribution in [0.3, 0.4) is 0 Å². The van der Waals surface area contributed by atoms with Crippen LogP contribution in [0, 0.1) is 0 Å². The zero-order valence-electron chi connectivity index (χ0n) is 36.2. The summed E-state index contributed by atoms with van der Waals surface area (Å²) in [5, 5.41) is 4.93. The Kier molecular flexibility index (Phi) is 3.49. The Bertz CT molecular complexity index is 3710. The molecule has 0 amide bonds. The number of nitrogens with zero attached hydrogens (tertiary/aromatic N) is 2. The second kappa shape index (κ2) is 9.57. The van der Waals surface area contributed by atoms with Crippen LogP contribution in [0.4, 0.5) is 0 Å². The van der Waals surface area contributed by atoms with Crippen molar-refractivity contribution in [2.75, 3.05) is 0 Å². The van der Waals surface area contributed by atoms with Gasteiger partial charge in [-0.2, -0.15) is 0 Å². The van der Waals surface area contributed by atoms with Crippen LogP contribution in [0.2, 0.25) is 0 Å². The molecule has 2 heteroatoms. The Morgan fingerprint density at radius 3 is 1.48 bits per heavy atom. The zero-order valence-corrected chi connectivity index (χ0v) is 25.2. The van der Waals surface area contributed by atoms with E-state index in [1.165, 1.54) is 0 Å². The van der Waals surface area contributed by atoms with Gasteiger partial charge in [0.25, 0.3) is 0 Å². The van der Waals surface area contributed by atoms with Gasteiger partial charge in [0.1, 0.15) is 0 Å². The first-order valence-electron chi connectivity index (χ1n) is 21.2. The Hall–Kier alpha value is -6.38. The summed E-state index contributed by atoms with van der Waals surface area (Å²) < 4.78 is 103. The number of para-hydroxylation sites is 2. The first-order chi connectivity index (χ1) is 28.4. The first kappa shape index (κ1) is 17.5. The number of fused-ring (bicyclic) bond motifs is 14. The zero-order chi connectivity index (χ0) is 40.9. The number of hydrogen-bond acceptors (Lipinski definition) is 0. The molecule has 2 heterocycles. The highest BCUT2D eigenvalue weighted by Gasteiger charge is 2.21. The minimum Gasteiger partial charge on any atom is -0.309 e. The fourth-order valence-corrected chi connectivity index (χ4v) is 7.61. The normalized spacial score (nSPS) is 15.4. The van der Waals surface area contributed by atoms with E-state index in [0.29, 0.717) is 11.0 Å². The molecule has 11 rings (SSSR count). The lowest BCUT2D eigenvalue weighted by Gasteiger charge is -2.14. The summed E-state index contributed by atoms with van der Waals surface area (Å²) >= 11 is 0. The van der Waals surface area contributed by atoms with Gasteiger partial charge in [-0.1, -0.05) is 121 Å². The van der Waals surface area contributed by atoms with Crippen LogP contribution >= 0.6 is 0 Å². The van der Waals surface area contributed by atoms with Gasteiger partial charge < -0.3 is 9.13 Å². The molecule has 0 aliphatic rings. The molecule has 0 spiro atoms. The fourth-order valence-electron chi connectivity index (χ4n) is 7.61. The van der Waals surface area contributed by atoms with Gasteiger partial charge in [0.15, 0.2) is 0 Å². The van der Waals surface area contributed by atoms with E-state index in [1.54, 1.807) is 4.57 Å². The molecule has 11 aromatic rings. The largest absolute Gasteiger partial charge is 0.309 e. The topological polar surface area (TPSA) is 9.86 Å². The lowest BCUT2D eigenvalue weighted by molar-refractivity contribution is 1.18. The molecule has 0 bridgehead atoms. The molecule has 48 heavy (non-hydrogen) atoms. The summed E-state index contributed by atoms with van der Waals surface area (Å²) in [7, 11) is 0. The number of aromatic nitrogens is 2. The smallest absolute Gasteiger partial charge is 0.0652 e. The van der Waals surface area contributed by atoms with E-state index in [-0.39, 0.29) is 50.1 Å². The Morgan fingerprint density at radius 2 is 0.854 bits per heavy atom. The quantitative estimate of drug-likeness (QED) is 0.170. The summed E-state index contributed by atoms with van der Waals surface area (Å²) in [6.07, 6.45) is 0.